The molecule has 0 N–H and O–H groups in total. The summed E-state index contributed by atoms with van der Waals surface area (Å²) in [5, 5.41) is 8.86. The first-order chi connectivity index (χ1) is 8.17. The highest BCUT2D eigenvalue weighted by Gasteiger charge is 2.02. The minimum absolute atomic E-state index is 0.431. The predicted molar refractivity (Wildman–Crippen MR) is 65.5 cm³/mol. The standard InChI is InChI=1S/C14H13N3/c1-10-4-3-5-12(6-10)7-13-8-14(9-15)17-11(2)16-13/h3-6,8H,7H2,1-2H3. The van der Waals surface area contributed by atoms with Gasteiger partial charge in [0.1, 0.15) is 17.6 Å². The molecule has 1 heterocycles. The van der Waals surface area contributed by atoms with Crippen LogP contribution in [0.2, 0.25) is 0 Å². The third-order valence-electron chi connectivity index (χ3n) is 2.47. The fourth-order valence-electron chi connectivity index (χ4n) is 1.81. The summed E-state index contributed by atoms with van der Waals surface area (Å²) in [5.41, 5.74) is 3.75. The van der Waals surface area contributed by atoms with Crippen LogP contribution < -0.4 is 0 Å². The van der Waals surface area contributed by atoms with E-state index in [0.29, 0.717) is 11.5 Å². The summed E-state index contributed by atoms with van der Waals surface area (Å²) in [6, 6.07) is 12.1. The van der Waals surface area contributed by atoms with Gasteiger partial charge in [-0.15, -0.1) is 0 Å². The lowest BCUT2D eigenvalue weighted by molar-refractivity contribution is 0.956. The Morgan fingerprint density at radius 3 is 2.71 bits per heavy atom. The average molecular weight is 223 g/mol. The molecular formula is C14H13N3. The molecule has 1 aromatic heterocycles. The third-order valence-corrected chi connectivity index (χ3v) is 2.47. The maximum absolute atomic E-state index is 8.86. The van der Waals surface area contributed by atoms with Crippen LogP contribution in [-0.4, -0.2) is 9.97 Å². The van der Waals surface area contributed by atoms with Crippen molar-refractivity contribution in [3.05, 3.63) is 58.7 Å². The summed E-state index contributed by atoms with van der Waals surface area (Å²) in [7, 11) is 0. The Morgan fingerprint density at radius 2 is 2.00 bits per heavy atom. The van der Waals surface area contributed by atoms with E-state index < -0.39 is 0 Å². The topological polar surface area (TPSA) is 49.6 Å². The van der Waals surface area contributed by atoms with Crippen LogP contribution in [-0.2, 0) is 6.42 Å². The van der Waals surface area contributed by atoms with Crippen molar-refractivity contribution in [2.45, 2.75) is 20.3 Å². The van der Waals surface area contributed by atoms with Gasteiger partial charge in [0.15, 0.2) is 0 Å². The minimum Gasteiger partial charge on any atom is -0.238 e. The zero-order chi connectivity index (χ0) is 12.3. The van der Waals surface area contributed by atoms with E-state index in [1.54, 1.807) is 13.0 Å². The molecule has 1 aromatic carbocycles. The van der Waals surface area contributed by atoms with E-state index in [9.17, 15) is 0 Å². The normalized spacial score (nSPS) is 9.94. The largest absolute Gasteiger partial charge is 0.238 e. The highest BCUT2D eigenvalue weighted by Crippen LogP contribution is 2.10. The number of nitrogens with zero attached hydrogens (tertiary/aromatic N) is 3. The lowest BCUT2D eigenvalue weighted by Gasteiger charge is -2.03. The van der Waals surface area contributed by atoms with Gasteiger partial charge in [0.25, 0.3) is 0 Å². The van der Waals surface area contributed by atoms with Crippen LogP contribution in [0, 0.1) is 25.2 Å². The molecule has 84 valence electrons. The molecule has 0 bridgehead atoms. The Kier molecular flexibility index (Phi) is 3.15. The second-order valence-corrected chi connectivity index (χ2v) is 4.07. The number of hydrogen-bond acceptors (Lipinski definition) is 3. The quantitative estimate of drug-likeness (QED) is 0.786. The van der Waals surface area contributed by atoms with Crippen LogP contribution >= 0.6 is 0 Å². The van der Waals surface area contributed by atoms with Crippen LogP contribution in [0.15, 0.2) is 30.3 Å². The molecule has 3 heteroatoms. The number of nitriles is 1. The highest BCUT2D eigenvalue weighted by molar-refractivity contribution is 5.29. The predicted octanol–water partition coefficient (Wildman–Crippen LogP) is 2.56. The molecule has 0 amide bonds. The first-order valence-corrected chi connectivity index (χ1v) is 5.47. The lowest BCUT2D eigenvalue weighted by atomic mass is 10.1. The van der Waals surface area contributed by atoms with Crippen molar-refractivity contribution in [2.75, 3.05) is 0 Å². The van der Waals surface area contributed by atoms with Crippen molar-refractivity contribution in [2.24, 2.45) is 0 Å². The average Bonchev–Trinajstić information content (AvgIpc) is 2.28. The molecule has 0 saturated carbocycles. The van der Waals surface area contributed by atoms with Gasteiger partial charge < -0.3 is 0 Å². The molecule has 0 unspecified atom stereocenters. The molecule has 2 aromatic rings. The Hall–Kier alpha value is -2.21. The molecule has 3 nitrogen and oxygen atoms in total. The summed E-state index contributed by atoms with van der Waals surface area (Å²) in [5.74, 6) is 0.645. The smallest absolute Gasteiger partial charge is 0.144 e. The monoisotopic (exact) mass is 223 g/mol. The van der Waals surface area contributed by atoms with Gasteiger partial charge in [0, 0.05) is 12.1 Å². The molecule has 0 spiro atoms. The number of hydrogen-bond donors (Lipinski definition) is 0. The van der Waals surface area contributed by atoms with E-state index in [1.165, 1.54) is 11.1 Å². The van der Waals surface area contributed by atoms with Crippen molar-refractivity contribution < 1.29 is 0 Å². The second kappa shape index (κ2) is 4.75. The number of benzene rings is 1. The van der Waals surface area contributed by atoms with Crippen molar-refractivity contribution >= 4 is 0 Å². The first-order valence-electron chi connectivity index (χ1n) is 5.47. The van der Waals surface area contributed by atoms with Crippen molar-refractivity contribution in [3.63, 3.8) is 0 Å². The second-order valence-electron chi connectivity index (χ2n) is 4.07. The molecule has 0 saturated heterocycles. The third kappa shape index (κ3) is 2.88. The van der Waals surface area contributed by atoms with E-state index in [0.717, 1.165) is 12.1 Å². The Bertz CT molecular complexity index is 582. The maximum Gasteiger partial charge on any atom is 0.144 e. The van der Waals surface area contributed by atoms with E-state index >= 15 is 0 Å². The fraction of sp³-hybridized carbons (Fsp3) is 0.214. The Morgan fingerprint density at radius 1 is 1.18 bits per heavy atom. The molecule has 0 atom stereocenters. The van der Waals surface area contributed by atoms with Gasteiger partial charge >= 0.3 is 0 Å². The molecular weight excluding hydrogens is 210 g/mol. The van der Waals surface area contributed by atoms with Gasteiger partial charge in [-0.1, -0.05) is 29.8 Å². The summed E-state index contributed by atoms with van der Waals surface area (Å²) in [6.45, 7) is 3.87. The van der Waals surface area contributed by atoms with E-state index in [2.05, 4.69) is 41.2 Å². The van der Waals surface area contributed by atoms with Gasteiger partial charge in [-0.3, -0.25) is 0 Å². The SMILES string of the molecule is Cc1cccc(Cc2cc(C#N)nc(C)n2)c1. The number of aryl methyl sites for hydroxylation is 2. The lowest BCUT2D eigenvalue weighted by Crippen LogP contribution is -1.99. The van der Waals surface area contributed by atoms with E-state index in [1.807, 2.05) is 6.07 Å². The molecule has 0 aliphatic heterocycles. The van der Waals surface area contributed by atoms with Gasteiger partial charge in [-0.25, -0.2) is 9.97 Å². The van der Waals surface area contributed by atoms with Gasteiger partial charge in [-0.2, -0.15) is 5.26 Å². The molecule has 0 aliphatic carbocycles. The van der Waals surface area contributed by atoms with Gasteiger partial charge in [-0.05, 0) is 25.5 Å². The summed E-state index contributed by atoms with van der Waals surface area (Å²) in [4.78, 5) is 8.38. The highest BCUT2D eigenvalue weighted by atomic mass is 14.9. The maximum atomic E-state index is 8.86. The molecule has 17 heavy (non-hydrogen) atoms. The summed E-state index contributed by atoms with van der Waals surface area (Å²) >= 11 is 0. The van der Waals surface area contributed by atoms with Gasteiger partial charge in [0.05, 0.1) is 0 Å². The van der Waals surface area contributed by atoms with Crippen molar-refractivity contribution in [3.8, 4) is 6.07 Å². The van der Waals surface area contributed by atoms with Crippen LogP contribution in [0.25, 0.3) is 0 Å². The van der Waals surface area contributed by atoms with Gasteiger partial charge in [0.2, 0.25) is 0 Å². The zero-order valence-corrected chi connectivity index (χ0v) is 9.94. The van der Waals surface area contributed by atoms with Crippen LogP contribution in [0.4, 0.5) is 0 Å². The van der Waals surface area contributed by atoms with Crippen LogP contribution in [0.1, 0.15) is 28.3 Å². The Balaban J connectivity index is 2.30. The van der Waals surface area contributed by atoms with Crippen LogP contribution in [0.3, 0.4) is 0 Å². The summed E-state index contributed by atoms with van der Waals surface area (Å²) in [6.07, 6.45) is 0.736. The molecule has 0 aliphatic rings. The van der Waals surface area contributed by atoms with E-state index in [4.69, 9.17) is 5.26 Å². The fourth-order valence-corrected chi connectivity index (χ4v) is 1.81. The first kappa shape index (κ1) is 11.3. The Labute approximate surface area is 101 Å². The molecule has 0 radical (unpaired) electrons. The van der Waals surface area contributed by atoms with Crippen LogP contribution in [0.5, 0.6) is 0 Å². The summed E-state index contributed by atoms with van der Waals surface area (Å²) < 4.78 is 0. The van der Waals surface area contributed by atoms with Crippen molar-refractivity contribution in [1.29, 1.82) is 5.26 Å². The minimum atomic E-state index is 0.431. The molecule has 0 fully saturated rings. The zero-order valence-electron chi connectivity index (χ0n) is 9.94. The number of aromatic nitrogens is 2. The van der Waals surface area contributed by atoms with Crippen molar-refractivity contribution in [1.82, 2.24) is 9.97 Å². The molecule has 2 rings (SSSR count). The number of rotatable bonds is 2. The van der Waals surface area contributed by atoms with E-state index in [-0.39, 0.29) is 0 Å².